The van der Waals surface area contributed by atoms with Crippen molar-refractivity contribution >= 4 is 57.9 Å². The SMILES string of the molecule is Cc1cc(/C=C2\SC(=S)N(Cc3ccccc3)C2=O)c(C)n1-c1ccc(Cl)c(C(=O)O)c1. The summed E-state index contributed by atoms with van der Waals surface area (Å²) < 4.78 is 2.47. The second-order valence-corrected chi connectivity index (χ2v) is 9.47. The normalized spacial score (nSPS) is 15.1. The zero-order valence-corrected chi connectivity index (χ0v) is 19.7. The molecule has 2 heterocycles. The van der Waals surface area contributed by atoms with Crippen LogP contribution in [0.1, 0.15) is 32.9 Å². The topological polar surface area (TPSA) is 62.5 Å². The number of aromatic carboxylic acids is 1. The zero-order chi connectivity index (χ0) is 23.0. The number of aryl methyl sites for hydroxylation is 1. The molecule has 1 N–H and O–H groups in total. The van der Waals surface area contributed by atoms with Crippen molar-refractivity contribution in [2.24, 2.45) is 0 Å². The van der Waals surface area contributed by atoms with Gasteiger partial charge in [0.15, 0.2) is 0 Å². The van der Waals surface area contributed by atoms with E-state index < -0.39 is 5.97 Å². The van der Waals surface area contributed by atoms with Crippen molar-refractivity contribution in [3.63, 3.8) is 0 Å². The van der Waals surface area contributed by atoms with Crippen LogP contribution in [-0.2, 0) is 11.3 Å². The molecule has 1 saturated heterocycles. The Kier molecular flexibility index (Phi) is 6.24. The van der Waals surface area contributed by atoms with Crippen molar-refractivity contribution in [2.45, 2.75) is 20.4 Å². The maximum Gasteiger partial charge on any atom is 0.337 e. The van der Waals surface area contributed by atoms with E-state index in [9.17, 15) is 14.7 Å². The van der Waals surface area contributed by atoms with Crippen LogP contribution < -0.4 is 0 Å². The van der Waals surface area contributed by atoms with Crippen molar-refractivity contribution in [3.05, 3.63) is 92.6 Å². The highest BCUT2D eigenvalue weighted by atomic mass is 35.5. The van der Waals surface area contributed by atoms with Crippen LogP contribution in [-0.4, -0.2) is 30.8 Å². The Morgan fingerprint density at radius 3 is 2.56 bits per heavy atom. The first-order valence-corrected chi connectivity index (χ1v) is 11.4. The van der Waals surface area contributed by atoms with Gasteiger partial charge in [0.05, 0.1) is 22.0 Å². The number of carbonyl (C=O) groups excluding carboxylic acids is 1. The Labute approximate surface area is 200 Å². The smallest absolute Gasteiger partial charge is 0.337 e. The molecule has 4 rings (SSSR count). The second-order valence-electron chi connectivity index (χ2n) is 7.38. The van der Waals surface area contributed by atoms with Crippen molar-refractivity contribution in [1.82, 2.24) is 9.47 Å². The van der Waals surface area contributed by atoms with Gasteiger partial charge < -0.3 is 9.67 Å². The van der Waals surface area contributed by atoms with E-state index in [1.807, 2.05) is 60.9 Å². The Morgan fingerprint density at radius 1 is 1.16 bits per heavy atom. The van der Waals surface area contributed by atoms with E-state index in [0.717, 1.165) is 22.5 Å². The predicted octanol–water partition coefficient (Wildman–Crippen LogP) is 5.85. The number of halogens is 1. The number of nitrogens with zero attached hydrogens (tertiary/aromatic N) is 2. The van der Waals surface area contributed by atoms with Crippen molar-refractivity contribution in [3.8, 4) is 5.69 Å². The highest BCUT2D eigenvalue weighted by Gasteiger charge is 2.32. The number of carboxylic acid groups (broad SMARTS) is 1. The number of carboxylic acids is 1. The molecular weight excluding hydrogens is 464 g/mol. The number of carbonyl (C=O) groups is 2. The van der Waals surface area contributed by atoms with Crippen LogP contribution in [0.5, 0.6) is 0 Å². The van der Waals surface area contributed by atoms with E-state index in [1.165, 1.54) is 11.8 Å². The van der Waals surface area contributed by atoms with Crippen LogP contribution in [0, 0.1) is 13.8 Å². The van der Waals surface area contributed by atoms with Crippen LogP contribution in [0.4, 0.5) is 0 Å². The summed E-state index contributed by atoms with van der Waals surface area (Å²) in [5.74, 6) is -1.20. The van der Waals surface area contributed by atoms with Crippen molar-refractivity contribution < 1.29 is 14.7 Å². The standard InChI is InChI=1S/C24H19ClN2O3S2/c1-14-10-17(15(2)27(14)18-8-9-20(25)19(12-18)23(29)30)11-21-22(28)26(24(31)32-21)13-16-6-4-3-5-7-16/h3-12H,13H2,1-2H3,(H,29,30)/b21-11-. The molecule has 1 aliphatic rings. The predicted molar refractivity (Wildman–Crippen MR) is 132 cm³/mol. The number of amides is 1. The molecule has 0 spiro atoms. The molecule has 2 aromatic carbocycles. The summed E-state index contributed by atoms with van der Waals surface area (Å²) in [4.78, 5) is 26.7. The molecule has 1 aliphatic heterocycles. The summed E-state index contributed by atoms with van der Waals surface area (Å²) in [6.45, 7) is 4.29. The van der Waals surface area contributed by atoms with E-state index in [-0.39, 0.29) is 16.5 Å². The van der Waals surface area contributed by atoms with Gasteiger partial charge in [0.1, 0.15) is 4.32 Å². The Balaban J connectivity index is 1.66. The first-order valence-electron chi connectivity index (χ1n) is 9.77. The molecule has 32 heavy (non-hydrogen) atoms. The second kappa shape index (κ2) is 8.94. The van der Waals surface area contributed by atoms with Crippen LogP contribution >= 0.6 is 35.6 Å². The number of aromatic nitrogens is 1. The number of thiocarbonyl (C=S) groups is 1. The number of benzene rings is 2. The number of thioether (sulfide) groups is 1. The van der Waals surface area contributed by atoms with E-state index in [2.05, 4.69) is 0 Å². The van der Waals surface area contributed by atoms with Gasteiger partial charge in [-0.1, -0.05) is 65.9 Å². The van der Waals surface area contributed by atoms with Crippen LogP contribution in [0.2, 0.25) is 5.02 Å². The van der Waals surface area contributed by atoms with Gasteiger partial charge in [-0.25, -0.2) is 4.79 Å². The summed E-state index contributed by atoms with van der Waals surface area (Å²) in [6, 6.07) is 16.6. The maximum atomic E-state index is 13.0. The molecule has 1 fully saturated rings. The van der Waals surface area contributed by atoms with Crippen LogP contribution in [0.25, 0.3) is 11.8 Å². The van der Waals surface area contributed by atoms with Crippen molar-refractivity contribution in [1.29, 1.82) is 0 Å². The largest absolute Gasteiger partial charge is 0.478 e. The molecule has 0 radical (unpaired) electrons. The highest BCUT2D eigenvalue weighted by molar-refractivity contribution is 8.26. The lowest BCUT2D eigenvalue weighted by Crippen LogP contribution is -2.27. The molecule has 162 valence electrons. The van der Waals surface area contributed by atoms with Gasteiger partial charge in [0.25, 0.3) is 5.91 Å². The monoisotopic (exact) mass is 482 g/mol. The minimum absolute atomic E-state index is 0.0417. The number of hydrogen-bond acceptors (Lipinski definition) is 4. The molecule has 0 atom stereocenters. The minimum atomic E-state index is -1.08. The van der Waals surface area contributed by atoms with E-state index in [1.54, 1.807) is 23.1 Å². The van der Waals surface area contributed by atoms with Crippen LogP contribution in [0.3, 0.4) is 0 Å². The fourth-order valence-electron chi connectivity index (χ4n) is 3.69. The molecule has 0 aliphatic carbocycles. The van der Waals surface area contributed by atoms with E-state index in [0.29, 0.717) is 21.5 Å². The molecule has 1 aromatic heterocycles. The Morgan fingerprint density at radius 2 is 1.88 bits per heavy atom. The van der Waals surface area contributed by atoms with Gasteiger partial charge in [-0.15, -0.1) is 0 Å². The summed E-state index contributed by atoms with van der Waals surface area (Å²) in [5.41, 5.74) is 4.41. The molecule has 1 amide bonds. The third-order valence-corrected chi connectivity index (χ3v) is 6.96. The summed E-state index contributed by atoms with van der Waals surface area (Å²) in [5, 5.41) is 9.58. The van der Waals surface area contributed by atoms with E-state index in [4.69, 9.17) is 23.8 Å². The van der Waals surface area contributed by atoms with Gasteiger partial charge in [0, 0.05) is 17.1 Å². The summed E-state index contributed by atoms with van der Waals surface area (Å²) in [6.07, 6.45) is 1.84. The lowest BCUT2D eigenvalue weighted by atomic mass is 10.2. The zero-order valence-electron chi connectivity index (χ0n) is 17.3. The lowest BCUT2D eigenvalue weighted by molar-refractivity contribution is -0.122. The van der Waals surface area contributed by atoms with Crippen molar-refractivity contribution in [2.75, 3.05) is 0 Å². The quantitative estimate of drug-likeness (QED) is 0.365. The van der Waals surface area contributed by atoms with Crippen LogP contribution in [0.15, 0.2) is 59.5 Å². The van der Waals surface area contributed by atoms with Gasteiger partial charge in [-0.2, -0.15) is 0 Å². The molecule has 0 unspecified atom stereocenters. The lowest BCUT2D eigenvalue weighted by Gasteiger charge is -2.14. The first-order chi connectivity index (χ1) is 15.3. The Hall–Kier alpha value is -2.87. The molecule has 0 bridgehead atoms. The van der Waals surface area contributed by atoms with Gasteiger partial charge in [0.2, 0.25) is 0 Å². The fraction of sp³-hybridized carbons (Fsp3) is 0.125. The molecule has 8 heteroatoms. The minimum Gasteiger partial charge on any atom is -0.478 e. The summed E-state index contributed by atoms with van der Waals surface area (Å²) in [7, 11) is 0. The van der Waals surface area contributed by atoms with Gasteiger partial charge >= 0.3 is 5.97 Å². The van der Waals surface area contributed by atoms with Gasteiger partial charge in [-0.3, -0.25) is 9.69 Å². The number of rotatable bonds is 5. The van der Waals surface area contributed by atoms with Gasteiger partial charge in [-0.05, 0) is 55.3 Å². The number of hydrogen-bond donors (Lipinski definition) is 1. The highest BCUT2D eigenvalue weighted by Crippen LogP contribution is 2.35. The van der Waals surface area contributed by atoms with E-state index >= 15 is 0 Å². The first kappa shape index (κ1) is 22.3. The summed E-state index contributed by atoms with van der Waals surface area (Å²) >= 11 is 12.8. The fourth-order valence-corrected chi connectivity index (χ4v) is 5.14. The molecular formula is C24H19ClN2O3S2. The third kappa shape index (κ3) is 4.24. The molecule has 3 aromatic rings. The third-order valence-electron chi connectivity index (χ3n) is 5.25. The maximum absolute atomic E-state index is 13.0. The Bertz CT molecular complexity index is 1280. The molecule has 5 nitrogen and oxygen atoms in total. The average molecular weight is 483 g/mol. The average Bonchev–Trinajstić information content (AvgIpc) is 3.18. The molecule has 0 saturated carbocycles.